The molecule has 2 aromatic heterocycles. The van der Waals surface area contributed by atoms with Crippen molar-refractivity contribution < 1.29 is 4.79 Å². The normalized spacial score (nSPS) is 12.2. The van der Waals surface area contributed by atoms with E-state index in [4.69, 9.17) is 0 Å². The second-order valence-corrected chi connectivity index (χ2v) is 7.08. The van der Waals surface area contributed by atoms with Gasteiger partial charge in [-0.05, 0) is 36.4 Å². The number of para-hydroxylation sites is 1. The van der Waals surface area contributed by atoms with E-state index in [1.165, 1.54) is 21.1 Å². The first kappa shape index (κ1) is 17.9. The zero-order chi connectivity index (χ0) is 18.8. The number of carbonyl (C=O) groups is 1. The summed E-state index contributed by atoms with van der Waals surface area (Å²) in [6, 6.07) is 9.28. The molecule has 0 aliphatic carbocycles. The molecular formula is C16H19N7O2S. The van der Waals surface area contributed by atoms with Gasteiger partial charge in [0.2, 0.25) is 11.1 Å². The van der Waals surface area contributed by atoms with Crippen LogP contribution >= 0.6 is 11.8 Å². The molecule has 1 atom stereocenters. The van der Waals surface area contributed by atoms with Crippen molar-refractivity contribution in [2.45, 2.75) is 24.3 Å². The van der Waals surface area contributed by atoms with Gasteiger partial charge in [-0.3, -0.25) is 14.3 Å². The third-order valence-electron chi connectivity index (χ3n) is 4.04. The first-order chi connectivity index (χ1) is 12.4. The van der Waals surface area contributed by atoms with Gasteiger partial charge in [-0.1, -0.05) is 30.0 Å². The number of nitrogens with one attached hydrogen (secondary N) is 1. The molecule has 0 fully saturated rings. The molecule has 0 aliphatic heterocycles. The largest absolute Gasteiger partial charge is 0.319 e. The third kappa shape index (κ3) is 3.27. The zero-order valence-corrected chi connectivity index (χ0v) is 15.7. The molecule has 9 nitrogen and oxygen atoms in total. The SMILES string of the molecule is Cc1c(NC(=O)C(C)Sc2nnnn2C)c(=O)n(-c2ccccc2)n1C. The topological polar surface area (TPSA) is 99.6 Å². The van der Waals surface area contributed by atoms with E-state index in [1.54, 1.807) is 32.6 Å². The molecule has 1 aromatic carbocycles. The van der Waals surface area contributed by atoms with E-state index in [-0.39, 0.29) is 17.2 Å². The Morgan fingerprint density at radius 3 is 2.54 bits per heavy atom. The van der Waals surface area contributed by atoms with E-state index >= 15 is 0 Å². The van der Waals surface area contributed by atoms with Crippen LogP contribution in [-0.4, -0.2) is 40.7 Å². The minimum atomic E-state index is -0.469. The second kappa shape index (κ2) is 7.16. The number of aryl methyl sites for hydroxylation is 1. The van der Waals surface area contributed by atoms with Gasteiger partial charge >= 0.3 is 0 Å². The highest BCUT2D eigenvalue weighted by Gasteiger charge is 2.22. The van der Waals surface area contributed by atoms with Crippen molar-refractivity contribution in [2.24, 2.45) is 14.1 Å². The molecule has 10 heteroatoms. The highest BCUT2D eigenvalue weighted by Crippen LogP contribution is 2.21. The number of benzene rings is 1. The molecule has 1 N–H and O–H groups in total. The molecule has 0 radical (unpaired) electrons. The summed E-state index contributed by atoms with van der Waals surface area (Å²) in [7, 11) is 3.48. The summed E-state index contributed by atoms with van der Waals surface area (Å²) in [6.07, 6.45) is 0. The monoisotopic (exact) mass is 373 g/mol. The molecule has 0 aliphatic rings. The Labute approximate surface area is 154 Å². The maximum atomic E-state index is 12.8. The van der Waals surface area contributed by atoms with Crippen LogP contribution in [0, 0.1) is 6.92 Å². The van der Waals surface area contributed by atoms with Gasteiger partial charge < -0.3 is 5.32 Å². The van der Waals surface area contributed by atoms with Crippen LogP contribution in [0.3, 0.4) is 0 Å². The van der Waals surface area contributed by atoms with E-state index in [0.29, 0.717) is 10.9 Å². The average molecular weight is 373 g/mol. The van der Waals surface area contributed by atoms with E-state index in [0.717, 1.165) is 5.69 Å². The molecule has 0 spiro atoms. The Kier molecular flexibility index (Phi) is 4.94. The van der Waals surface area contributed by atoms with Crippen molar-refractivity contribution in [3.8, 4) is 5.69 Å². The number of anilines is 1. The maximum absolute atomic E-state index is 12.8. The van der Waals surface area contributed by atoms with Crippen LogP contribution in [0.4, 0.5) is 5.69 Å². The molecule has 0 bridgehead atoms. The number of carbonyl (C=O) groups excluding carboxylic acids is 1. The van der Waals surface area contributed by atoms with Crippen LogP contribution in [0.25, 0.3) is 5.69 Å². The average Bonchev–Trinajstić information content (AvgIpc) is 3.12. The molecule has 3 rings (SSSR count). The van der Waals surface area contributed by atoms with E-state index in [9.17, 15) is 9.59 Å². The minimum absolute atomic E-state index is 0.268. The highest BCUT2D eigenvalue weighted by molar-refractivity contribution is 8.00. The number of rotatable bonds is 5. The summed E-state index contributed by atoms with van der Waals surface area (Å²) >= 11 is 1.22. The number of hydrogen-bond donors (Lipinski definition) is 1. The van der Waals surface area contributed by atoms with Gasteiger partial charge in [0.05, 0.1) is 16.6 Å². The maximum Gasteiger partial charge on any atom is 0.295 e. The Morgan fingerprint density at radius 2 is 1.92 bits per heavy atom. The number of aromatic nitrogens is 6. The summed E-state index contributed by atoms with van der Waals surface area (Å²) in [4.78, 5) is 25.4. The van der Waals surface area contributed by atoms with Crippen LogP contribution in [-0.2, 0) is 18.9 Å². The summed E-state index contributed by atoms with van der Waals surface area (Å²) in [5.74, 6) is -0.288. The molecule has 0 saturated carbocycles. The lowest BCUT2D eigenvalue weighted by Crippen LogP contribution is -2.27. The van der Waals surface area contributed by atoms with E-state index in [2.05, 4.69) is 20.8 Å². The predicted octanol–water partition coefficient (Wildman–Crippen LogP) is 1.13. The van der Waals surface area contributed by atoms with Gasteiger partial charge in [0.15, 0.2) is 0 Å². The van der Waals surface area contributed by atoms with Crippen molar-refractivity contribution in [1.82, 2.24) is 29.6 Å². The van der Waals surface area contributed by atoms with Crippen LogP contribution < -0.4 is 10.9 Å². The lowest BCUT2D eigenvalue weighted by Gasteiger charge is -2.10. The van der Waals surface area contributed by atoms with Crippen molar-refractivity contribution >= 4 is 23.4 Å². The number of hydrogen-bond acceptors (Lipinski definition) is 6. The molecule has 3 aromatic rings. The number of nitrogens with zero attached hydrogens (tertiary/aromatic N) is 6. The fourth-order valence-electron chi connectivity index (χ4n) is 2.47. The van der Waals surface area contributed by atoms with E-state index < -0.39 is 5.25 Å². The molecule has 2 heterocycles. The molecule has 26 heavy (non-hydrogen) atoms. The summed E-state index contributed by atoms with van der Waals surface area (Å²) in [5.41, 5.74) is 1.40. The van der Waals surface area contributed by atoms with Gasteiger partial charge in [-0.25, -0.2) is 9.36 Å². The molecular weight excluding hydrogens is 354 g/mol. The summed E-state index contributed by atoms with van der Waals surface area (Å²) < 4.78 is 4.73. The molecule has 1 amide bonds. The van der Waals surface area contributed by atoms with Gasteiger partial charge in [-0.2, -0.15) is 0 Å². The quantitative estimate of drug-likeness (QED) is 0.673. The Bertz CT molecular complexity index is 990. The first-order valence-electron chi connectivity index (χ1n) is 7.94. The molecule has 0 saturated heterocycles. The van der Waals surface area contributed by atoms with Crippen molar-refractivity contribution in [1.29, 1.82) is 0 Å². The second-order valence-electron chi connectivity index (χ2n) is 5.77. The first-order valence-corrected chi connectivity index (χ1v) is 8.82. The minimum Gasteiger partial charge on any atom is -0.319 e. The van der Waals surface area contributed by atoms with Crippen LogP contribution in [0.1, 0.15) is 12.6 Å². The van der Waals surface area contributed by atoms with Crippen LogP contribution in [0.5, 0.6) is 0 Å². The smallest absolute Gasteiger partial charge is 0.295 e. The van der Waals surface area contributed by atoms with Crippen LogP contribution in [0.15, 0.2) is 40.3 Å². The lowest BCUT2D eigenvalue weighted by atomic mass is 10.3. The van der Waals surface area contributed by atoms with Crippen LogP contribution in [0.2, 0.25) is 0 Å². The molecule has 136 valence electrons. The van der Waals surface area contributed by atoms with Gasteiger partial charge in [-0.15, -0.1) is 5.10 Å². The zero-order valence-electron chi connectivity index (χ0n) is 14.9. The Hall–Kier alpha value is -2.88. The van der Waals surface area contributed by atoms with Gasteiger partial charge in [0.1, 0.15) is 5.69 Å². The van der Waals surface area contributed by atoms with Crippen molar-refractivity contribution in [3.63, 3.8) is 0 Å². The Balaban J connectivity index is 1.85. The predicted molar refractivity (Wildman–Crippen MR) is 98.5 cm³/mol. The van der Waals surface area contributed by atoms with Gasteiger partial charge in [0.25, 0.3) is 5.56 Å². The number of tetrazole rings is 1. The lowest BCUT2D eigenvalue weighted by molar-refractivity contribution is -0.115. The standard InChI is InChI=1S/C16H19N7O2S/c1-10-13(15(25)23(22(10)4)12-8-6-5-7-9-12)17-14(24)11(2)26-16-18-19-20-21(16)3/h5-9,11H,1-4H3,(H,17,24). The third-order valence-corrected chi connectivity index (χ3v) is 5.16. The fraction of sp³-hybridized carbons (Fsp3) is 0.312. The Morgan fingerprint density at radius 1 is 1.23 bits per heavy atom. The fourth-order valence-corrected chi connectivity index (χ4v) is 3.22. The van der Waals surface area contributed by atoms with Crippen molar-refractivity contribution in [3.05, 3.63) is 46.4 Å². The van der Waals surface area contributed by atoms with Crippen molar-refractivity contribution in [2.75, 3.05) is 5.32 Å². The number of amides is 1. The molecule has 1 unspecified atom stereocenters. The summed E-state index contributed by atoms with van der Waals surface area (Å²) in [5, 5.41) is 13.9. The number of thioether (sulfide) groups is 1. The summed E-state index contributed by atoms with van der Waals surface area (Å²) in [6.45, 7) is 3.53. The van der Waals surface area contributed by atoms with E-state index in [1.807, 2.05) is 30.3 Å². The van der Waals surface area contributed by atoms with Gasteiger partial charge in [0, 0.05) is 14.1 Å². The highest BCUT2D eigenvalue weighted by atomic mass is 32.2.